The molecular formula is C17H21NO. The van der Waals surface area contributed by atoms with Crippen LogP contribution in [0.15, 0.2) is 48.5 Å². The van der Waals surface area contributed by atoms with Crippen molar-refractivity contribution in [2.45, 2.75) is 20.4 Å². The molecule has 0 aliphatic carbocycles. The zero-order valence-corrected chi connectivity index (χ0v) is 11.6. The van der Waals surface area contributed by atoms with Gasteiger partial charge in [0, 0.05) is 6.54 Å². The van der Waals surface area contributed by atoms with E-state index in [1.807, 2.05) is 24.3 Å². The summed E-state index contributed by atoms with van der Waals surface area (Å²) in [7, 11) is 0. The zero-order valence-electron chi connectivity index (χ0n) is 11.6. The molecule has 100 valence electrons. The first-order chi connectivity index (χ1) is 9.19. The summed E-state index contributed by atoms with van der Waals surface area (Å²) in [6, 6.07) is 16.5. The highest BCUT2D eigenvalue weighted by molar-refractivity contribution is 5.65. The van der Waals surface area contributed by atoms with Gasteiger partial charge in [-0.3, -0.25) is 0 Å². The van der Waals surface area contributed by atoms with Crippen LogP contribution in [0.25, 0.3) is 11.1 Å². The Kier molecular flexibility index (Phi) is 4.58. The topological polar surface area (TPSA) is 35.2 Å². The normalized spacial score (nSPS) is 10.7. The molecule has 19 heavy (non-hydrogen) atoms. The van der Waals surface area contributed by atoms with Gasteiger partial charge in [-0.1, -0.05) is 44.2 Å². The number of rotatable bonds is 5. The Morgan fingerprint density at radius 1 is 1.00 bits per heavy atom. The van der Waals surface area contributed by atoms with Gasteiger partial charge in [0.05, 0.1) is 6.61 Å². The van der Waals surface area contributed by atoms with Crippen LogP contribution in [0.5, 0.6) is 5.75 Å². The second kappa shape index (κ2) is 6.39. The Morgan fingerprint density at radius 3 is 2.37 bits per heavy atom. The minimum absolute atomic E-state index is 0.532. The maximum absolute atomic E-state index is 5.76. The average molecular weight is 255 g/mol. The van der Waals surface area contributed by atoms with Crippen LogP contribution in [0.1, 0.15) is 19.4 Å². The number of ether oxygens (including phenoxy) is 1. The quantitative estimate of drug-likeness (QED) is 0.880. The van der Waals surface area contributed by atoms with E-state index in [-0.39, 0.29) is 0 Å². The van der Waals surface area contributed by atoms with Gasteiger partial charge in [-0.2, -0.15) is 0 Å². The van der Waals surface area contributed by atoms with Gasteiger partial charge in [-0.25, -0.2) is 0 Å². The summed E-state index contributed by atoms with van der Waals surface area (Å²) < 4.78 is 5.76. The largest absolute Gasteiger partial charge is 0.493 e. The van der Waals surface area contributed by atoms with Crippen LogP contribution in [-0.2, 0) is 6.54 Å². The molecule has 0 amide bonds. The second-order valence-electron chi connectivity index (χ2n) is 5.14. The third kappa shape index (κ3) is 3.83. The average Bonchev–Trinajstić information content (AvgIpc) is 2.45. The monoisotopic (exact) mass is 255 g/mol. The standard InChI is InChI=1S/C17H21NO/c1-13(2)12-19-17-8-4-7-16(10-17)15-6-3-5-14(9-15)11-18/h3-10,13H,11-12,18H2,1-2H3. The Balaban J connectivity index is 2.22. The third-order valence-corrected chi connectivity index (χ3v) is 2.91. The van der Waals surface area contributed by atoms with Crippen molar-refractivity contribution in [1.82, 2.24) is 0 Å². The molecule has 0 spiro atoms. The van der Waals surface area contributed by atoms with Gasteiger partial charge in [-0.15, -0.1) is 0 Å². The molecule has 0 saturated carbocycles. The highest BCUT2D eigenvalue weighted by Gasteiger charge is 2.02. The summed E-state index contributed by atoms with van der Waals surface area (Å²) in [6.45, 7) is 5.60. The number of hydrogen-bond acceptors (Lipinski definition) is 2. The fraction of sp³-hybridized carbons (Fsp3) is 0.294. The molecule has 0 atom stereocenters. The predicted octanol–water partition coefficient (Wildman–Crippen LogP) is 3.85. The summed E-state index contributed by atoms with van der Waals surface area (Å²) in [5, 5.41) is 0. The molecule has 0 radical (unpaired) electrons. The summed E-state index contributed by atoms with van der Waals surface area (Å²) in [5.74, 6) is 1.45. The highest BCUT2D eigenvalue weighted by atomic mass is 16.5. The van der Waals surface area contributed by atoms with Crippen LogP contribution >= 0.6 is 0 Å². The van der Waals surface area contributed by atoms with Crippen molar-refractivity contribution in [3.05, 3.63) is 54.1 Å². The predicted molar refractivity (Wildman–Crippen MR) is 80.1 cm³/mol. The van der Waals surface area contributed by atoms with Crippen molar-refractivity contribution in [1.29, 1.82) is 0 Å². The van der Waals surface area contributed by atoms with E-state index in [9.17, 15) is 0 Å². The molecule has 0 fully saturated rings. The van der Waals surface area contributed by atoms with E-state index in [1.54, 1.807) is 0 Å². The van der Waals surface area contributed by atoms with Crippen molar-refractivity contribution in [3.63, 3.8) is 0 Å². The highest BCUT2D eigenvalue weighted by Crippen LogP contribution is 2.24. The Labute approximate surface area is 115 Å². The van der Waals surface area contributed by atoms with Gasteiger partial charge >= 0.3 is 0 Å². The van der Waals surface area contributed by atoms with Crippen LogP contribution in [0.3, 0.4) is 0 Å². The smallest absolute Gasteiger partial charge is 0.119 e. The maximum atomic E-state index is 5.76. The molecule has 0 aromatic heterocycles. The Hall–Kier alpha value is -1.80. The van der Waals surface area contributed by atoms with E-state index in [2.05, 4.69) is 38.1 Å². The summed E-state index contributed by atoms with van der Waals surface area (Å²) in [6.07, 6.45) is 0. The van der Waals surface area contributed by atoms with Crippen LogP contribution in [0, 0.1) is 5.92 Å². The molecule has 0 unspecified atom stereocenters. The van der Waals surface area contributed by atoms with E-state index in [0.717, 1.165) is 23.5 Å². The second-order valence-corrected chi connectivity index (χ2v) is 5.14. The molecule has 2 aromatic rings. The molecule has 2 rings (SSSR count). The van der Waals surface area contributed by atoms with E-state index in [4.69, 9.17) is 10.5 Å². The maximum Gasteiger partial charge on any atom is 0.119 e. The van der Waals surface area contributed by atoms with Crippen LogP contribution < -0.4 is 10.5 Å². The number of hydrogen-bond donors (Lipinski definition) is 1. The van der Waals surface area contributed by atoms with E-state index in [1.165, 1.54) is 5.56 Å². The van der Waals surface area contributed by atoms with Crippen molar-refractivity contribution < 1.29 is 4.74 Å². The molecule has 2 nitrogen and oxygen atoms in total. The first-order valence-corrected chi connectivity index (χ1v) is 6.71. The molecule has 0 bridgehead atoms. The van der Waals surface area contributed by atoms with E-state index in [0.29, 0.717) is 12.5 Å². The minimum atomic E-state index is 0.532. The first-order valence-electron chi connectivity index (χ1n) is 6.71. The lowest BCUT2D eigenvalue weighted by Crippen LogP contribution is -2.04. The Bertz CT molecular complexity index is 534. The fourth-order valence-electron chi connectivity index (χ4n) is 1.91. The Morgan fingerprint density at radius 2 is 1.68 bits per heavy atom. The minimum Gasteiger partial charge on any atom is -0.493 e. The van der Waals surface area contributed by atoms with Crippen LogP contribution in [-0.4, -0.2) is 6.61 Å². The van der Waals surface area contributed by atoms with Gasteiger partial charge in [0.15, 0.2) is 0 Å². The van der Waals surface area contributed by atoms with Crippen LogP contribution in [0.2, 0.25) is 0 Å². The summed E-state index contributed by atoms with van der Waals surface area (Å²) in [5.41, 5.74) is 9.17. The lowest BCUT2D eigenvalue weighted by molar-refractivity contribution is 0.271. The molecule has 0 aliphatic heterocycles. The van der Waals surface area contributed by atoms with Gasteiger partial charge in [0.25, 0.3) is 0 Å². The van der Waals surface area contributed by atoms with E-state index < -0.39 is 0 Å². The van der Waals surface area contributed by atoms with E-state index >= 15 is 0 Å². The first kappa shape index (κ1) is 13.6. The van der Waals surface area contributed by atoms with Crippen LogP contribution in [0.4, 0.5) is 0 Å². The van der Waals surface area contributed by atoms with Crippen molar-refractivity contribution in [2.24, 2.45) is 11.7 Å². The molecule has 0 aliphatic rings. The lowest BCUT2D eigenvalue weighted by atomic mass is 10.0. The van der Waals surface area contributed by atoms with Crippen molar-refractivity contribution in [3.8, 4) is 16.9 Å². The van der Waals surface area contributed by atoms with Gasteiger partial charge in [0.1, 0.15) is 5.75 Å². The third-order valence-electron chi connectivity index (χ3n) is 2.91. The SMILES string of the molecule is CC(C)COc1cccc(-c2cccc(CN)c2)c1. The number of nitrogens with two attached hydrogens (primary N) is 1. The summed E-state index contributed by atoms with van der Waals surface area (Å²) in [4.78, 5) is 0. The molecule has 2 N–H and O–H groups in total. The van der Waals surface area contributed by atoms with Gasteiger partial charge in [-0.05, 0) is 40.8 Å². The van der Waals surface area contributed by atoms with Gasteiger partial charge < -0.3 is 10.5 Å². The molecular weight excluding hydrogens is 234 g/mol. The zero-order chi connectivity index (χ0) is 13.7. The molecule has 0 saturated heterocycles. The van der Waals surface area contributed by atoms with Gasteiger partial charge in [0.2, 0.25) is 0 Å². The number of benzene rings is 2. The molecule has 0 heterocycles. The van der Waals surface area contributed by atoms with Crippen molar-refractivity contribution in [2.75, 3.05) is 6.61 Å². The summed E-state index contributed by atoms with van der Waals surface area (Å²) >= 11 is 0. The van der Waals surface area contributed by atoms with Crippen molar-refractivity contribution >= 4 is 0 Å². The lowest BCUT2D eigenvalue weighted by Gasteiger charge is -2.10. The molecule has 2 heteroatoms. The molecule has 2 aromatic carbocycles. The fourth-order valence-corrected chi connectivity index (χ4v) is 1.91.